The summed E-state index contributed by atoms with van der Waals surface area (Å²) in [6.45, 7) is 2.01. The van der Waals surface area contributed by atoms with Gasteiger partial charge in [-0.3, -0.25) is 0 Å². The molecule has 3 aromatic rings. The van der Waals surface area contributed by atoms with Crippen molar-refractivity contribution in [3.8, 4) is 11.3 Å². The first-order valence-electron chi connectivity index (χ1n) is 7.50. The number of benzene rings is 2. The highest BCUT2D eigenvalue weighted by molar-refractivity contribution is 5.58. The molecule has 22 heavy (non-hydrogen) atoms. The van der Waals surface area contributed by atoms with Crippen molar-refractivity contribution in [2.24, 2.45) is 0 Å². The Morgan fingerprint density at radius 3 is 2.23 bits per heavy atom. The van der Waals surface area contributed by atoms with Crippen LogP contribution < -0.4 is 0 Å². The molecular weight excluding hydrogens is 272 g/mol. The molecule has 1 heterocycles. The van der Waals surface area contributed by atoms with E-state index in [1.165, 1.54) is 11.1 Å². The van der Waals surface area contributed by atoms with Crippen LogP contribution in [0.25, 0.3) is 11.3 Å². The molecule has 0 saturated carbocycles. The molecule has 2 aromatic carbocycles. The normalized spacial score (nSPS) is 12.3. The van der Waals surface area contributed by atoms with E-state index in [2.05, 4.69) is 30.3 Å². The lowest BCUT2D eigenvalue weighted by molar-refractivity contribution is 0.103. The molecule has 0 aliphatic rings. The summed E-state index contributed by atoms with van der Waals surface area (Å²) in [5.41, 5.74) is 3.48. The summed E-state index contributed by atoms with van der Waals surface area (Å²) in [6.07, 6.45) is 0.851. The lowest BCUT2D eigenvalue weighted by Crippen LogP contribution is -2.05. The van der Waals surface area contributed by atoms with Gasteiger partial charge in [-0.2, -0.15) is 0 Å². The predicted molar refractivity (Wildman–Crippen MR) is 88.8 cm³/mol. The number of furan rings is 1. The van der Waals surface area contributed by atoms with E-state index in [4.69, 9.17) is 9.15 Å². The SMILES string of the molecule is COC(Cc1cc(-c2ccccc2)oc1C)c1ccccc1. The zero-order valence-corrected chi connectivity index (χ0v) is 13.0. The van der Waals surface area contributed by atoms with E-state index in [0.717, 1.165) is 23.5 Å². The minimum atomic E-state index is 0.0427. The first kappa shape index (κ1) is 14.6. The number of hydrogen-bond donors (Lipinski definition) is 0. The van der Waals surface area contributed by atoms with E-state index in [1.807, 2.05) is 43.3 Å². The zero-order chi connectivity index (χ0) is 15.4. The fraction of sp³-hybridized carbons (Fsp3) is 0.200. The highest BCUT2D eigenvalue weighted by Crippen LogP contribution is 2.29. The lowest BCUT2D eigenvalue weighted by atomic mass is 10.0. The molecule has 0 bridgehead atoms. The van der Waals surface area contributed by atoms with Crippen LogP contribution >= 0.6 is 0 Å². The van der Waals surface area contributed by atoms with Crippen LogP contribution in [0.2, 0.25) is 0 Å². The van der Waals surface area contributed by atoms with Gasteiger partial charge < -0.3 is 9.15 Å². The molecule has 1 unspecified atom stereocenters. The number of methoxy groups -OCH3 is 1. The second-order valence-electron chi connectivity index (χ2n) is 5.40. The molecule has 1 aromatic heterocycles. The molecule has 0 fully saturated rings. The van der Waals surface area contributed by atoms with E-state index in [1.54, 1.807) is 7.11 Å². The third-order valence-corrected chi connectivity index (χ3v) is 3.94. The van der Waals surface area contributed by atoms with Crippen LogP contribution in [0.1, 0.15) is 23.0 Å². The van der Waals surface area contributed by atoms with Gasteiger partial charge in [0.25, 0.3) is 0 Å². The topological polar surface area (TPSA) is 22.4 Å². The molecule has 0 radical (unpaired) electrons. The number of aryl methyl sites for hydroxylation is 1. The van der Waals surface area contributed by atoms with E-state index in [-0.39, 0.29) is 6.10 Å². The van der Waals surface area contributed by atoms with Gasteiger partial charge in [-0.15, -0.1) is 0 Å². The number of hydrogen-bond acceptors (Lipinski definition) is 2. The van der Waals surface area contributed by atoms with E-state index in [0.29, 0.717) is 0 Å². The summed E-state index contributed by atoms with van der Waals surface area (Å²) in [7, 11) is 1.76. The Bertz CT molecular complexity index is 714. The quantitative estimate of drug-likeness (QED) is 0.646. The Morgan fingerprint density at radius 2 is 1.59 bits per heavy atom. The standard InChI is InChI=1S/C20H20O2/c1-15-18(13-19(21-2)16-9-5-3-6-10-16)14-20(22-15)17-11-7-4-8-12-17/h3-12,14,19H,13H2,1-2H3. The zero-order valence-electron chi connectivity index (χ0n) is 13.0. The Balaban J connectivity index is 1.85. The van der Waals surface area contributed by atoms with Crippen LogP contribution in [-0.4, -0.2) is 7.11 Å². The Kier molecular flexibility index (Phi) is 4.40. The predicted octanol–water partition coefficient (Wildman–Crippen LogP) is 5.19. The van der Waals surface area contributed by atoms with Crippen molar-refractivity contribution in [3.63, 3.8) is 0 Å². The third kappa shape index (κ3) is 3.12. The molecule has 2 heteroatoms. The first-order valence-corrected chi connectivity index (χ1v) is 7.50. The molecule has 0 aliphatic carbocycles. The summed E-state index contributed by atoms with van der Waals surface area (Å²) < 4.78 is 11.6. The van der Waals surface area contributed by atoms with Gasteiger partial charge in [-0.1, -0.05) is 60.7 Å². The fourth-order valence-electron chi connectivity index (χ4n) is 2.67. The molecule has 0 N–H and O–H groups in total. The molecule has 0 amide bonds. The highest BCUT2D eigenvalue weighted by atomic mass is 16.5. The van der Waals surface area contributed by atoms with E-state index in [9.17, 15) is 0 Å². The van der Waals surface area contributed by atoms with Gasteiger partial charge >= 0.3 is 0 Å². The average molecular weight is 292 g/mol. The largest absolute Gasteiger partial charge is 0.461 e. The average Bonchev–Trinajstić information content (AvgIpc) is 2.95. The second-order valence-corrected chi connectivity index (χ2v) is 5.40. The number of rotatable bonds is 5. The van der Waals surface area contributed by atoms with Crippen molar-refractivity contribution in [2.45, 2.75) is 19.4 Å². The lowest BCUT2D eigenvalue weighted by Gasteiger charge is -2.15. The van der Waals surface area contributed by atoms with Gasteiger partial charge in [0, 0.05) is 19.1 Å². The minimum Gasteiger partial charge on any atom is -0.461 e. The van der Waals surface area contributed by atoms with E-state index < -0.39 is 0 Å². The molecule has 0 saturated heterocycles. The van der Waals surface area contributed by atoms with Crippen molar-refractivity contribution in [1.29, 1.82) is 0 Å². The molecule has 0 aliphatic heterocycles. The summed E-state index contributed by atoms with van der Waals surface area (Å²) in [5, 5.41) is 0. The summed E-state index contributed by atoms with van der Waals surface area (Å²) in [5.74, 6) is 1.87. The van der Waals surface area contributed by atoms with Crippen LogP contribution in [0.3, 0.4) is 0 Å². The van der Waals surface area contributed by atoms with Crippen LogP contribution in [0.5, 0.6) is 0 Å². The van der Waals surface area contributed by atoms with Gasteiger partial charge in [-0.25, -0.2) is 0 Å². The molecule has 2 nitrogen and oxygen atoms in total. The minimum absolute atomic E-state index is 0.0427. The molecule has 1 atom stereocenters. The van der Waals surface area contributed by atoms with Gasteiger partial charge in [0.15, 0.2) is 0 Å². The van der Waals surface area contributed by atoms with Gasteiger partial charge in [-0.05, 0) is 24.1 Å². The van der Waals surface area contributed by atoms with Crippen LogP contribution in [0, 0.1) is 6.92 Å². The van der Waals surface area contributed by atoms with Gasteiger partial charge in [0.2, 0.25) is 0 Å². The van der Waals surface area contributed by atoms with Crippen LogP contribution in [0.15, 0.2) is 71.1 Å². The van der Waals surface area contributed by atoms with Crippen molar-refractivity contribution >= 4 is 0 Å². The molecule has 3 rings (SSSR count). The summed E-state index contributed by atoms with van der Waals surface area (Å²) >= 11 is 0. The van der Waals surface area contributed by atoms with Gasteiger partial charge in [0.1, 0.15) is 11.5 Å². The number of ether oxygens (including phenoxy) is 1. The smallest absolute Gasteiger partial charge is 0.134 e. The Hall–Kier alpha value is -2.32. The maximum atomic E-state index is 5.93. The maximum Gasteiger partial charge on any atom is 0.134 e. The molecular formula is C20H20O2. The van der Waals surface area contributed by atoms with Crippen molar-refractivity contribution < 1.29 is 9.15 Å². The van der Waals surface area contributed by atoms with Crippen LogP contribution in [0.4, 0.5) is 0 Å². The van der Waals surface area contributed by atoms with E-state index >= 15 is 0 Å². The van der Waals surface area contributed by atoms with Crippen molar-refractivity contribution in [3.05, 3.63) is 83.6 Å². The maximum absolute atomic E-state index is 5.93. The van der Waals surface area contributed by atoms with Gasteiger partial charge in [0.05, 0.1) is 6.10 Å². The highest BCUT2D eigenvalue weighted by Gasteiger charge is 2.16. The van der Waals surface area contributed by atoms with Crippen LogP contribution in [-0.2, 0) is 11.2 Å². The monoisotopic (exact) mass is 292 g/mol. The summed E-state index contributed by atoms with van der Waals surface area (Å²) in [6, 6.07) is 22.6. The first-order chi connectivity index (χ1) is 10.8. The second kappa shape index (κ2) is 6.63. The van der Waals surface area contributed by atoms with Crippen molar-refractivity contribution in [1.82, 2.24) is 0 Å². The Morgan fingerprint density at radius 1 is 0.955 bits per heavy atom. The molecule has 0 spiro atoms. The van der Waals surface area contributed by atoms with Crippen molar-refractivity contribution in [2.75, 3.05) is 7.11 Å². The third-order valence-electron chi connectivity index (χ3n) is 3.94. The fourth-order valence-corrected chi connectivity index (χ4v) is 2.67. The summed E-state index contributed by atoms with van der Waals surface area (Å²) in [4.78, 5) is 0. The molecule has 112 valence electrons. The Labute approximate surface area is 131 Å².